The third kappa shape index (κ3) is 2.73. The van der Waals surface area contributed by atoms with Crippen LogP contribution in [0.4, 0.5) is 23.2 Å². The summed E-state index contributed by atoms with van der Waals surface area (Å²) >= 11 is 0. The first-order valence-electron chi connectivity index (χ1n) is 3.88. The first-order chi connectivity index (χ1) is 7.37. The maximum Gasteiger partial charge on any atom is 0.573 e. The minimum Gasteiger partial charge on any atom is -0.400 e. The molecule has 1 rings (SSSR count). The number of aromatic nitrogens is 1. The van der Waals surface area contributed by atoms with E-state index in [1.54, 1.807) is 0 Å². The summed E-state index contributed by atoms with van der Waals surface area (Å²) in [5, 5.41) is 8.52. The van der Waals surface area contributed by atoms with Crippen LogP contribution in [0.15, 0.2) is 6.07 Å². The fourth-order valence-corrected chi connectivity index (χ4v) is 0.976. The van der Waals surface area contributed by atoms with Crippen LogP contribution < -0.4 is 10.5 Å². The summed E-state index contributed by atoms with van der Waals surface area (Å²) in [5.74, 6) is -0.910. The van der Waals surface area contributed by atoms with Crippen molar-refractivity contribution in [1.29, 1.82) is 5.26 Å². The molecule has 4 nitrogen and oxygen atoms in total. The molecule has 2 N–H and O–H groups in total. The molecule has 8 heteroatoms. The average Bonchev–Trinajstić information content (AvgIpc) is 2.19. The summed E-state index contributed by atoms with van der Waals surface area (Å²) in [6.07, 6.45) is -4.99. The van der Waals surface area contributed by atoms with E-state index >= 15 is 0 Å². The summed E-state index contributed by atoms with van der Waals surface area (Å²) in [4.78, 5) is 3.31. The summed E-state index contributed by atoms with van der Waals surface area (Å²) in [6.45, 7) is -1.04. The Morgan fingerprint density at radius 1 is 1.50 bits per heavy atom. The Hall–Kier alpha value is -2.04. The van der Waals surface area contributed by atoms with Gasteiger partial charge in [0.15, 0.2) is 11.4 Å². The maximum atomic E-state index is 12.2. The molecule has 0 radical (unpaired) electrons. The molecule has 0 amide bonds. The SMILES string of the molecule is N#Cc1nc(CF)cc(N)c1OC(F)(F)F. The highest BCUT2D eigenvalue weighted by Gasteiger charge is 2.33. The number of hydrogen-bond donors (Lipinski definition) is 1. The Balaban J connectivity index is 3.23. The number of anilines is 1. The van der Waals surface area contributed by atoms with E-state index in [0.29, 0.717) is 0 Å². The number of pyridine rings is 1. The number of nitrogen functional groups attached to an aromatic ring is 1. The molecule has 0 saturated carbocycles. The molecule has 0 aromatic carbocycles. The van der Waals surface area contributed by atoms with E-state index in [1.807, 2.05) is 0 Å². The van der Waals surface area contributed by atoms with Gasteiger partial charge in [0.2, 0.25) is 0 Å². The van der Waals surface area contributed by atoms with Crippen LogP contribution in [0.3, 0.4) is 0 Å². The van der Waals surface area contributed by atoms with Gasteiger partial charge in [0.05, 0.1) is 11.4 Å². The van der Waals surface area contributed by atoms with Crippen molar-refractivity contribution in [2.75, 3.05) is 5.73 Å². The zero-order valence-electron chi connectivity index (χ0n) is 7.68. The lowest BCUT2D eigenvalue weighted by atomic mass is 10.2. The molecular formula is C8H5F4N3O. The van der Waals surface area contributed by atoms with E-state index in [9.17, 15) is 17.6 Å². The third-order valence-electron chi connectivity index (χ3n) is 1.52. The summed E-state index contributed by atoms with van der Waals surface area (Å²) in [5.41, 5.74) is 3.77. The molecule has 1 aromatic heterocycles. The van der Waals surface area contributed by atoms with Gasteiger partial charge in [-0.3, -0.25) is 0 Å². The van der Waals surface area contributed by atoms with Crippen LogP contribution in [0.25, 0.3) is 0 Å². The topological polar surface area (TPSA) is 71.9 Å². The second kappa shape index (κ2) is 4.22. The minimum atomic E-state index is -4.99. The quantitative estimate of drug-likeness (QED) is 0.794. The highest BCUT2D eigenvalue weighted by molar-refractivity contribution is 5.59. The number of nitriles is 1. The molecule has 0 aliphatic rings. The van der Waals surface area contributed by atoms with E-state index in [2.05, 4.69) is 9.72 Å². The average molecular weight is 235 g/mol. The summed E-state index contributed by atoms with van der Waals surface area (Å²) < 4.78 is 51.5. The maximum absolute atomic E-state index is 12.2. The van der Waals surface area contributed by atoms with E-state index in [0.717, 1.165) is 6.07 Å². The fourth-order valence-electron chi connectivity index (χ4n) is 0.976. The van der Waals surface area contributed by atoms with Crippen LogP contribution in [0.5, 0.6) is 5.75 Å². The molecule has 16 heavy (non-hydrogen) atoms. The Morgan fingerprint density at radius 2 is 2.12 bits per heavy atom. The van der Waals surface area contributed by atoms with Crippen molar-refractivity contribution in [3.63, 3.8) is 0 Å². The molecule has 0 unspecified atom stereocenters. The second-order valence-corrected chi connectivity index (χ2v) is 2.67. The minimum absolute atomic E-state index is 0.233. The predicted molar refractivity (Wildman–Crippen MR) is 44.9 cm³/mol. The number of hydrogen-bond acceptors (Lipinski definition) is 4. The lowest BCUT2D eigenvalue weighted by molar-refractivity contribution is -0.274. The molecular weight excluding hydrogens is 230 g/mol. The van der Waals surface area contributed by atoms with Gasteiger partial charge >= 0.3 is 6.36 Å². The Morgan fingerprint density at radius 3 is 2.56 bits per heavy atom. The smallest absolute Gasteiger partial charge is 0.400 e. The molecule has 1 heterocycles. The summed E-state index contributed by atoms with van der Waals surface area (Å²) in [6, 6.07) is 2.23. The monoisotopic (exact) mass is 235 g/mol. The van der Waals surface area contributed by atoms with E-state index < -0.39 is 30.2 Å². The van der Waals surface area contributed by atoms with Crippen LogP contribution in [0, 0.1) is 11.3 Å². The number of alkyl halides is 4. The molecule has 0 spiro atoms. The van der Waals surface area contributed by atoms with Gasteiger partial charge in [-0.25, -0.2) is 9.37 Å². The van der Waals surface area contributed by atoms with Gasteiger partial charge in [0, 0.05) is 0 Å². The highest BCUT2D eigenvalue weighted by atomic mass is 19.4. The van der Waals surface area contributed by atoms with Crippen molar-refractivity contribution >= 4 is 5.69 Å². The van der Waals surface area contributed by atoms with Crippen LogP contribution >= 0.6 is 0 Å². The zero-order chi connectivity index (χ0) is 12.3. The van der Waals surface area contributed by atoms with Crippen LogP contribution in [-0.2, 0) is 6.67 Å². The van der Waals surface area contributed by atoms with Gasteiger partial charge in [-0.15, -0.1) is 13.2 Å². The lowest BCUT2D eigenvalue weighted by Gasteiger charge is -2.12. The number of nitrogens with zero attached hydrogens (tertiary/aromatic N) is 2. The number of halogens is 4. The Labute approximate surface area is 87.3 Å². The molecule has 0 aliphatic carbocycles. The van der Waals surface area contributed by atoms with Gasteiger partial charge in [0.25, 0.3) is 0 Å². The van der Waals surface area contributed by atoms with E-state index in [-0.39, 0.29) is 5.69 Å². The largest absolute Gasteiger partial charge is 0.573 e. The fraction of sp³-hybridized carbons (Fsp3) is 0.250. The van der Waals surface area contributed by atoms with Crippen molar-refractivity contribution in [1.82, 2.24) is 4.98 Å². The lowest BCUT2D eigenvalue weighted by Crippen LogP contribution is -2.19. The Kier molecular flexibility index (Phi) is 3.17. The number of rotatable bonds is 2. The van der Waals surface area contributed by atoms with Gasteiger partial charge < -0.3 is 10.5 Å². The third-order valence-corrected chi connectivity index (χ3v) is 1.52. The van der Waals surface area contributed by atoms with Gasteiger partial charge in [-0.05, 0) is 6.07 Å². The van der Waals surface area contributed by atoms with Crippen LogP contribution in [-0.4, -0.2) is 11.3 Å². The van der Waals surface area contributed by atoms with Gasteiger partial charge in [0.1, 0.15) is 12.7 Å². The van der Waals surface area contributed by atoms with Crippen molar-refractivity contribution in [3.05, 3.63) is 17.5 Å². The molecule has 1 aromatic rings. The number of nitrogens with two attached hydrogens (primary N) is 1. The highest BCUT2D eigenvalue weighted by Crippen LogP contribution is 2.31. The zero-order valence-corrected chi connectivity index (χ0v) is 7.68. The van der Waals surface area contributed by atoms with Crippen LogP contribution in [0.2, 0.25) is 0 Å². The van der Waals surface area contributed by atoms with Crippen molar-refractivity contribution in [3.8, 4) is 11.8 Å². The van der Waals surface area contributed by atoms with E-state index in [4.69, 9.17) is 11.0 Å². The first-order valence-corrected chi connectivity index (χ1v) is 3.88. The normalized spacial score (nSPS) is 10.9. The molecule has 0 aliphatic heterocycles. The number of ether oxygens (including phenoxy) is 1. The van der Waals surface area contributed by atoms with E-state index in [1.165, 1.54) is 6.07 Å². The molecule has 0 fully saturated rings. The van der Waals surface area contributed by atoms with Crippen molar-refractivity contribution in [2.24, 2.45) is 0 Å². The summed E-state index contributed by atoms with van der Waals surface area (Å²) in [7, 11) is 0. The van der Waals surface area contributed by atoms with Crippen LogP contribution in [0.1, 0.15) is 11.4 Å². The molecule has 0 atom stereocenters. The molecule has 86 valence electrons. The predicted octanol–water partition coefficient (Wildman–Crippen LogP) is 1.90. The molecule has 0 saturated heterocycles. The van der Waals surface area contributed by atoms with Crippen molar-refractivity contribution < 1.29 is 22.3 Å². The van der Waals surface area contributed by atoms with Gasteiger partial charge in [-0.2, -0.15) is 5.26 Å². The first kappa shape index (κ1) is 12.0. The standard InChI is InChI=1S/C8H5F4N3O/c9-2-4-1-5(14)7(6(3-13)15-4)16-8(10,11)12/h1H,2H2,(H2,14,15). The second-order valence-electron chi connectivity index (χ2n) is 2.67. The van der Waals surface area contributed by atoms with Crippen molar-refractivity contribution in [2.45, 2.75) is 13.0 Å². The molecule has 0 bridgehead atoms. The van der Waals surface area contributed by atoms with Gasteiger partial charge in [-0.1, -0.05) is 0 Å². The Bertz CT molecular complexity index is 438.